The molecule has 0 fully saturated rings. The smallest absolute Gasteiger partial charge is 0.343 e. The second-order valence-corrected chi connectivity index (χ2v) is 2.99. The van der Waals surface area contributed by atoms with E-state index in [1.165, 1.54) is 14.2 Å². The second kappa shape index (κ2) is 4.23. The number of methoxy groups -OCH3 is 2. The highest BCUT2D eigenvalue weighted by molar-refractivity contribution is 9.10. The van der Waals surface area contributed by atoms with Gasteiger partial charge in [-0.1, -0.05) is 0 Å². The Labute approximate surface area is 84.0 Å². The van der Waals surface area contributed by atoms with Crippen molar-refractivity contribution in [2.45, 2.75) is 0 Å². The van der Waals surface area contributed by atoms with E-state index < -0.39 is 5.97 Å². The zero-order chi connectivity index (χ0) is 9.84. The van der Waals surface area contributed by atoms with E-state index in [9.17, 15) is 4.79 Å². The molecule has 70 valence electrons. The van der Waals surface area contributed by atoms with E-state index in [4.69, 9.17) is 4.74 Å². The molecule has 0 saturated heterocycles. The number of carbonyl (C=O) groups excluding carboxylic acids is 1. The number of hydrogen-bond acceptors (Lipinski definition) is 4. The molecule has 1 rings (SSSR count). The van der Waals surface area contributed by atoms with Crippen LogP contribution in [0.25, 0.3) is 0 Å². The Morgan fingerprint density at radius 2 is 2.15 bits per heavy atom. The number of esters is 1. The zero-order valence-electron chi connectivity index (χ0n) is 7.20. The van der Waals surface area contributed by atoms with E-state index in [0.29, 0.717) is 10.2 Å². The van der Waals surface area contributed by atoms with Gasteiger partial charge in [0.15, 0.2) is 0 Å². The summed E-state index contributed by atoms with van der Waals surface area (Å²) in [5.41, 5.74) is 0.313. The quantitative estimate of drug-likeness (QED) is 0.587. The molecule has 0 aliphatic heterocycles. The highest BCUT2D eigenvalue weighted by Crippen LogP contribution is 2.19. The lowest BCUT2D eigenvalue weighted by atomic mass is 10.3. The van der Waals surface area contributed by atoms with Crippen LogP contribution in [0.4, 0.5) is 0 Å². The molecule has 5 heteroatoms. The van der Waals surface area contributed by atoms with E-state index in [-0.39, 0.29) is 5.88 Å². The van der Waals surface area contributed by atoms with Gasteiger partial charge in [-0.05, 0) is 28.1 Å². The minimum atomic E-state index is -0.461. The van der Waals surface area contributed by atoms with Gasteiger partial charge in [0.1, 0.15) is 10.2 Å². The molecule has 1 heterocycles. The molecular formula is C8H8BrNO3. The minimum Gasteiger partial charge on any atom is -0.480 e. The minimum absolute atomic E-state index is 0.251. The summed E-state index contributed by atoms with van der Waals surface area (Å²) in [7, 11) is 2.75. The van der Waals surface area contributed by atoms with Crippen LogP contribution in [0, 0.1) is 0 Å². The summed E-state index contributed by atoms with van der Waals surface area (Å²) in [6, 6.07) is 3.23. The summed E-state index contributed by atoms with van der Waals surface area (Å²) in [4.78, 5) is 15.1. The third-order valence-corrected chi connectivity index (χ3v) is 1.87. The van der Waals surface area contributed by atoms with Gasteiger partial charge in [0, 0.05) is 0 Å². The lowest BCUT2D eigenvalue weighted by molar-refractivity contribution is 0.0596. The number of aromatic nitrogens is 1. The Kier molecular flexibility index (Phi) is 3.25. The van der Waals surface area contributed by atoms with Gasteiger partial charge in [-0.25, -0.2) is 9.78 Å². The molecule has 0 amide bonds. The molecule has 0 N–H and O–H groups in total. The Morgan fingerprint density at radius 3 is 2.69 bits per heavy atom. The molecule has 0 aromatic carbocycles. The number of carbonyl (C=O) groups is 1. The average molecular weight is 246 g/mol. The van der Waals surface area contributed by atoms with Crippen LogP contribution in [0.15, 0.2) is 16.7 Å². The Bertz CT molecular complexity index is 327. The highest BCUT2D eigenvalue weighted by Gasteiger charge is 2.13. The van der Waals surface area contributed by atoms with Gasteiger partial charge in [0.05, 0.1) is 14.2 Å². The summed E-state index contributed by atoms with van der Waals surface area (Å²) in [5, 5.41) is 0. The number of pyridine rings is 1. The summed E-state index contributed by atoms with van der Waals surface area (Å²) in [5.74, 6) is -0.210. The maximum atomic E-state index is 11.1. The number of hydrogen-bond donors (Lipinski definition) is 0. The van der Waals surface area contributed by atoms with Crippen molar-refractivity contribution in [1.82, 2.24) is 4.98 Å². The Balaban J connectivity index is 3.13. The van der Waals surface area contributed by atoms with Crippen molar-refractivity contribution < 1.29 is 14.3 Å². The SMILES string of the molecule is COC(=O)c1ccc(Br)nc1OC. The second-order valence-electron chi connectivity index (χ2n) is 2.18. The highest BCUT2D eigenvalue weighted by atomic mass is 79.9. The van der Waals surface area contributed by atoms with Gasteiger partial charge in [-0.15, -0.1) is 0 Å². The van der Waals surface area contributed by atoms with Crippen molar-refractivity contribution in [2.24, 2.45) is 0 Å². The summed E-state index contributed by atoms with van der Waals surface area (Å²) < 4.78 is 10.1. The summed E-state index contributed by atoms with van der Waals surface area (Å²) >= 11 is 3.16. The molecule has 0 aliphatic carbocycles. The normalized spacial score (nSPS) is 9.46. The van der Waals surface area contributed by atoms with Crippen LogP contribution in [0.3, 0.4) is 0 Å². The number of ether oxygens (including phenoxy) is 2. The molecule has 0 atom stereocenters. The monoisotopic (exact) mass is 245 g/mol. The summed E-state index contributed by atoms with van der Waals surface area (Å²) in [6.07, 6.45) is 0. The van der Waals surface area contributed by atoms with E-state index in [1.54, 1.807) is 12.1 Å². The van der Waals surface area contributed by atoms with Crippen LogP contribution in [0.5, 0.6) is 5.88 Å². The number of nitrogens with zero attached hydrogens (tertiary/aromatic N) is 1. The summed E-state index contributed by atoms with van der Waals surface area (Å²) in [6.45, 7) is 0. The predicted octanol–water partition coefficient (Wildman–Crippen LogP) is 1.64. The zero-order valence-corrected chi connectivity index (χ0v) is 8.79. The predicted molar refractivity (Wildman–Crippen MR) is 49.8 cm³/mol. The fourth-order valence-corrected chi connectivity index (χ4v) is 1.13. The molecule has 0 bridgehead atoms. The lowest BCUT2D eigenvalue weighted by Gasteiger charge is -2.04. The first-order valence-electron chi connectivity index (χ1n) is 3.48. The third kappa shape index (κ3) is 2.18. The van der Waals surface area contributed by atoms with E-state index in [0.717, 1.165) is 0 Å². The van der Waals surface area contributed by atoms with Gasteiger partial charge < -0.3 is 9.47 Å². The van der Waals surface area contributed by atoms with Crippen molar-refractivity contribution in [3.8, 4) is 5.88 Å². The van der Waals surface area contributed by atoms with Gasteiger partial charge in [0.2, 0.25) is 5.88 Å². The largest absolute Gasteiger partial charge is 0.480 e. The lowest BCUT2D eigenvalue weighted by Crippen LogP contribution is -2.05. The molecule has 1 aromatic heterocycles. The van der Waals surface area contributed by atoms with Crippen LogP contribution in [0.1, 0.15) is 10.4 Å². The Hall–Kier alpha value is -1.10. The molecule has 0 spiro atoms. The molecule has 13 heavy (non-hydrogen) atoms. The molecule has 4 nitrogen and oxygen atoms in total. The molecule has 0 unspecified atom stereocenters. The number of halogens is 1. The van der Waals surface area contributed by atoms with Crippen molar-refractivity contribution in [1.29, 1.82) is 0 Å². The maximum Gasteiger partial charge on any atom is 0.343 e. The third-order valence-electron chi connectivity index (χ3n) is 1.42. The van der Waals surface area contributed by atoms with Gasteiger partial charge >= 0.3 is 5.97 Å². The Morgan fingerprint density at radius 1 is 1.46 bits per heavy atom. The van der Waals surface area contributed by atoms with Crippen LogP contribution in [-0.2, 0) is 4.74 Å². The standard InChI is InChI=1S/C8H8BrNO3/c1-12-7-5(8(11)13-2)3-4-6(9)10-7/h3-4H,1-2H3. The molecule has 0 aliphatic rings. The van der Waals surface area contributed by atoms with Gasteiger partial charge in [-0.3, -0.25) is 0 Å². The van der Waals surface area contributed by atoms with E-state index in [2.05, 4.69) is 25.7 Å². The van der Waals surface area contributed by atoms with Crippen molar-refractivity contribution >= 4 is 21.9 Å². The van der Waals surface area contributed by atoms with E-state index in [1.807, 2.05) is 0 Å². The number of rotatable bonds is 2. The molecule has 1 aromatic rings. The molecule has 0 radical (unpaired) electrons. The van der Waals surface area contributed by atoms with E-state index >= 15 is 0 Å². The first-order valence-corrected chi connectivity index (χ1v) is 4.27. The van der Waals surface area contributed by atoms with Crippen molar-refractivity contribution in [2.75, 3.05) is 14.2 Å². The van der Waals surface area contributed by atoms with Crippen molar-refractivity contribution in [3.63, 3.8) is 0 Å². The topological polar surface area (TPSA) is 48.4 Å². The fraction of sp³-hybridized carbons (Fsp3) is 0.250. The van der Waals surface area contributed by atoms with Gasteiger partial charge in [-0.2, -0.15) is 0 Å². The maximum absolute atomic E-state index is 11.1. The van der Waals surface area contributed by atoms with Crippen LogP contribution in [-0.4, -0.2) is 25.2 Å². The first kappa shape index (κ1) is 9.98. The van der Waals surface area contributed by atoms with Gasteiger partial charge in [0.25, 0.3) is 0 Å². The fourth-order valence-electron chi connectivity index (χ4n) is 0.839. The first-order chi connectivity index (χ1) is 6.19. The van der Waals surface area contributed by atoms with Crippen LogP contribution >= 0.6 is 15.9 Å². The van der Waals surface area contributed by atoms with Crippen molar-refractivity contribution in [3.05, 3.63) is 22.3 Å². The average Bonchev–Trinajstić information content (AvgIpc) is 2.16. The van der Waals surface area contributed by atoms with Crippen LogP contribution in [0.2, 0.25) is 0 Å². The van der Waals surface area contributed by atoms with Crippen LogP contribution < -0.4 is 4.74 Å². The molecular weight excluding hydrogens is 238 g/mol. The molecule has 0 saturated carbocycles.